The Hall–Kier alpha value is -2.40. The van der Waals surface area contributed by atoms with Gasteiger partial charge in [-0.15, -0.1) is 0 Å². The zero-order chi connectivity index (χ0) is 14.1. The monoisotopic (exact) mass is 286 g/mol. The molecule has 0 bridgehead atoms. The summed E-state index contributed by atoms with van der Waals surface area (Å²) in [6.45, 7) is 0. The van der Waals surface area contributed by atoms with Crippen LogP contribution in [0.4, 0.5) is 0 Å². The topological polar surface area (TPSA) is 70.7 Å². The Balaban J connectivity index is 2.10. The molecule has 100 valence electrons. The fourth-order valence-electron chi connectivity index (χ4n) is 1.86. The maximum atomic E-state index is 11.5. The molecule has 1 aromatic heterocycles. The Morgan fingerprint density at radius 3 is 2.55 bits per heavy atom. The number of fused-ring (bicyclic) bond motifs is 1. The highest BCUT2D eigenvalue weighted by Gasteiger charge is 2.08. The molecule has 0 fully saturated rings. The SMILES string of the molecule is O=c1cc(Sc2ccc(O)c(O)c2)c2ccccc2o1. The number of phenols is 2. The van der Waals surface area contributed by atoms with E-state index < -0.39 is 5.63 Å². The van der Waals surface area contributed by atoms with Crippen molar-refractivity contribution in [3.8, 4) is 11.5 Å². The van der Waals surface area contributed by atoms with Crippen molar-refractivity contribution in [2.45, 2.75) is 9.79 Å². The summed E-state index contributed by atoms with van der Waals surface area (Å²) >= 11 is 1.32. The molecule has 0 atom stereocenters. The number of aromatic hydroxyl groups is 2. The van der Waals surface area contributed by atoms with E-state index in [1.807, 2.05) is 12.1 Å². The van der Waals surface area contributed by atoms with Gasteiger partial charge in [0.15, 0.2) is 11.5 Å². The molecule has 5 heteroatoms. The molecular weight excluding hydrogens is 276 g/mol. The Labute approximate surface area is 118 Å². The van der Waals surface area contributed by atoms with Gasteiger partial charge in [0.1, 0.15) is 5.58 Å². The van der Waals surface area contributed by atoms with Crippen molar-refractivity contribution < 1.29 is 14.6 Å². The zero-order valence-electron chi connectivity index (χ0n) is 10.2. The molecule has 0 aliphatic carbocycles. The van der Waals surface area contributed by atoms with Crippen molar-refractivity contribution in [2.24, 2.45) is 0 Å². The van der Waals surface area contributed by atoms with Crippen molar-refractivity contribution in [3.05, 3.63) is 59.0 Å². The Bertz CT molecular complexity index is 839. The number of para-hydroxylation sites is 1. The standard InChI is InChI=1S/C15H10O4S/c16-11-6-5-9(7-12(11)17)20-14-8-15(18)19-13-4-2-1-3-10(13)14/h1-8,16-17H. The lowest BCUT2D eigenvalue weighted by molar-refractivity contribution is 0.402. The first kappa shape index (κ1) is 12.6. The van der Waals surface area contributed by atoms with Crippen LogP contribution in [0.2, 0.25) is 0 Å². The molecule has 2 aromatic carbocycles. The van der Waals surface area contributed by atoms with E-state index in [-0.39, 0.29) is 11.5 Å². The molecular formula is C15H10O4S. The second kappa shape index (κ2) is 4.94. The van der Waals surface area contributed by atoms with E-state index in [0.29, 0.717) is 5.58 Å². The highest BCUT2D eigenvalue weighted by molar-refractivity contribution is 7.99. The molecule has 0 spiro atoms. The van der Waals surface area contributed by atoms with Crippen LogP contribution in [0.5, 0.6) is 11.5 Å². The van der Waals surface area contributed by atoms with E-state index in [4.69, 9.17) is 4.42 Å². The van der Waals surface area contributed by atoms with Crippen LogP contribution in [0, 0.1) is 0 Å². The minimum absolute atomic E-state index is 0.174. The van der Waals surface area contributed by atoms with Crippen molar-refractivity contribution in [1.29, 1.82) is 0 Å². The van der Waals surface area contributed by atoms with E-state index in [1.165, 1.54) is 30.0 Å². The van der Waals surface area contributed by atoms with Crippen LogP contribution in [-0.4, -0.2) is 10.2 Å². The van der Waals surface area contributed by atoms with Crippen molar-refractivity contribution >= 4 is 22.7 Å². The van der Waals surface area contributed by atoms with Crippen LogP contribution >= 0.6 is 11.8 Å². The number of rotatable bonds is 2. The molecule has 4 nitrogen and oxygen atoms in total. The highest BCUT2D eigenvalue weighted by atomic mass is 32.2. The first-order valence-electron chi connectivity index (χ1n) is 5.86. The van der Waals surface area contributed by atoms with Gasteiger partial charge in [-0.05, 0) is 24.3 Å². The predicted octanol–water partition coefficient (Wildman–Crippen LogP) is 3.36. The number of phenolic OH excluding ortho intramolecular Hbond substituents is 2. The largest absolute Gasteiger partial charge is 0.504 e. The normalized spacial score (nSPS) is 10.8. The molecule has 0 amide bonds. The van der Waals surface area contributed by atoms with Crippen molar-refractivity contribution in [1.82, 2.24) is 0 Å². The van der Waals surface area contributed by atoms with Crippen molar-refractivity contribution in [2.75, 3.05) is 0 Å². The summed E-state index contributed by atoms with van der Waals surface area (Å²) in [5.74, 6) is -0.367. The van der Waals surface area contributed by atoms with Gasteiger partial charge in [0.25, 0.3) is 0 Å². The minimum Gasteiger partial charge on any atom is -0.504 e. The Morgan fingerprint density at radius 2 is 1.75 bits per heavy atom. The molecule has 0 radical (unpaired) electrons. The summed E-state index contributed by atoms with van der Waals surface area (Å²) < 4.78 is 5.12. The van der Waals surface area contributed by atoms with Gasteiger partial charge in [0, 0.05) is 21.2 Å². The third-order valence-corrected chi connectivity index (χ3v) is 3.83. The first-order chi connectivity index (χ1) is 9.63. The van der Waals surface area contributed by atoms with E-state index in [0.717, 1.165) is 15.2 Å². The summed E-state index contributed by atoms with van der Waals surface area (Å²) in [6.07, 6.45) is 0. The van der Waals surface area contributed by atoms with E-state index in [2.05, 4.69) is 0 Å². The fraction of sp³-hybridized carbons (Fsp3) is 0. The average Bonchev–Trinajstić information content (AvgIpc) is 2.43. The molecule has 0 saturated heterocycles. The molecule has 1 heterocycles. The highest BCUT2D eigenvalue weighted by Crippen LogP contribution is 2.36. The lowest BCUT2D eigenvalue weighted by Gasteiger charge is -2.06. The van der Waals surface area contributed by atoms with E-state index in [9.17, 15) is 15.0 Å². The minimum atomic E-state index is -0.422. The van der Waals surface area contributed by atoms with Gasteiger partial charge in [-0.1, -0.05) is 30.0 Å². The molecule has 3 rings (SSSR count). The Morgan fingerprint density at radius 1 is 0.950 bits per heavy atom. The lowest BCUT2D eigenvalue weighted by Crippen LogP contribution is -1.96. The van der Waals surface area contributed by atoms with Gasteiger partial charge in [-0.2, -0.15) is 0 Å². The number of hydrogen-bond donors (Lipinski definition) is 2. The smallest absolute Gasteiger partial charge is 0.337 e. The van der Waals surface area contributed by atoms with Crippen LogP contribution in [0.25, 0.3) is 11.0 Å². The zero-order valence-corrected chi connectivity index (χ0v) is 11.1. The van der Waals surface area contributed by atoms with E-state index in [1.54, 1.807) is 18.2 Å². The molecule has 0 aliphatic heterocycles. The summed E-state index contributed by atoms with van der Waals surface area (Å²) in [4.78, 5) is 13.0. The molecule has 20 heavy (non-hydrogen) atoms. The quantitative estimate of drug-likeness (QED) is 0.558. The van der Waals surface area contributed by atoms with Gasteiger partial charge in [-0.3, -0.25) is 0 Å². The molecule has 0 unspecified atom stereocenters. The van der Waals surface area contributed by atoms with Crippen molar-refractivity contribution in [3.63, 3.8) is 0 Å². The molecule has 2 N–H and O–H groups in total. The second-order valence-electron chi connectivity index (χ2n) is 4.18. The van der Waals surface area contributed by atoms with E-state index >= 15 is 0 Å². The van der Waals surface area contributed by atoms with Crippen LogP contribution in [0.3, 0.4) is 0 Å². The molecule has 0 aliphatic rings. The lowest BCUT2D eigenvalue weighted by atomic mass is 10.2. The van der Waals surface area contributed by atoms with Crippen LogP contribution in [-0.2, 0) is 0 Å². The molecule has 0 saturated carbocycles. The van der Waals surface area contributed by atoms with Crippen LogP contribution in [0.15, 0.2) is 67.5 Å². The summed E-state index contributed by atoms with van der Waals surface area (Å²) in [6, 6.07) is 13.2. The maximum absolute atomic E-state index is 11.5. The van der Waals surface area contributed by atoms with Gasteiger partial charge in [0.05, 0.1) is 0 Å². The Kier molecular flexibility index (Phi) is 3.12. The molecule has 3 aromatic rings. The number of benzene rings is 2. The third kappa shape index (κ3) is 2.35. The second-order valence-corrected chi connectivity index (χ2v) is 5.29. The van der Waals surface area contributed by atoms with Gasteiger partial charge in [0.2, 0.25) is 0 Å². The summed E-state index contributed by atoms with van der Waals surface area (Å²) in [5, 5.41) is 19.6. The maximum Gasteiger partial charge on any atom is 0.337 e. The van der Waals surface area contributed by atoms with Gasteiger partial charge >= 0.3 is 5.63 Å². The summed E-state index contributed by atoms with van der Waals surface area (Å²) in [5.41, 5.74) is 0.0969. The third-order valence-electron chi connectivity index (χ3n) is 2.79. The van der Waals surface area contributed by atoms with Gasteiger partial charge in [-0.25, -0.2) is 4.79 Å². The predicted molar refractivity (Wildman–Crippen MR) is 76.4 cm³/mol. The van der Waals surface area contributed by atoms with Gasteiger partial charge < -0.3 is 14.6 Å². The fourth-order valence-corrected chi connectivity index (χ4v) is 2.85. The number of hydrogen-bond acceptors (Lipinski definition) is 5. The first-order valence-corrected chi connectivity index (χ1v) is 6.68. The van der Waals surface area contributed by atoms with Crippen LogP contribution < -0.4 is 5.63 Å². The average molecular weight is 286 g/mol. The van der Waals surface area contributed by atoms with Crippen LogP contribution in [0.1, 0.15) is 0 Å². The summed E-state index contributed by atoms with van der Waals surface area (Å²) in [7, 11) is 0.